The molecule has 3 aromatic heterocycles. The predicted octanol–water partition coefficient (Wildman–Crippen LogP) is 2.34. The zero-order valence-electron chi connectivity index (χ0n) is 13.5. The molecule has 24 heavy (non-hydrogen) atoms. The highest BCUT2D eigenvalue weighted by molar-refractivity contribution is 7.99. The summed E-state index contributed by atoms with van der Waals surface area (Å²) in [6.45, 7) is 1.93. The molecule has 0 aromatic carbocycles. The maximum Gasteiger partial charge on any atom is 0.276 e. The van der Waals surface area contributed by atoms with Gasteiger partial charge in [0.1, 0.15) is 5.69 Å². The topological polar surface area (TPSA) is 76.8 Å². The van der Waals surface area contributed by atoms with E-state index >= 15 is 0 Å². The molecular weight excluding hydrogens is 324 g/mol. The van der Waals surface area contributed by atoms with Crippen LogP contribution in [-0.4, -0.2) is 37.5 Å². The number of imidazole rings is 1. The Bertz CT molecular complexity index is 847. The van der Waals surface area contributed by atoms with Crippen LogP contribution in [0.5, 0.6) is 0 Å². The number of rotatable bonds is 4. The van der Waals surface area contributed by atoms with Crippen molar-refractivity contribution in [3.05, 3.63) is 54.4 Å². The highest BCUT2D eigenvalue weighted by Gasteiger charge is 2.20. The van der Waals surface area contributed by atoms with Gasteiger partial charge in [0.2, 0.25) is 0 Å². The molecular formula is C16H16N6OS. The second-order valence-corrected chi connectivity index (χ2v) is 6.14. The first-order valence-electron chi connectivity index (χ1n) is 7.22. The van der Waals surface area contributed by atoms with Gasteiger partial charge in [0.05, 0.1) is 18.1 Å². The van der Waals surface area contributed by atoms with Crippen molar-refractivity contribution >= 4 is 23.4 Å². The summed E-state index contributed by atoms with van der Waals surface area (Å²) in [7, 11) is 3.51. The van der Waals surface area contributed by atoms with Gasteiger partial charge in [-0.3, -0.25) is 9.78 Å². The van der Waals surface area contributed by atoms with Gasteiger partial charge in [-0.2, -0.15) is 0 Å². The van der Waals surface area contributed by atoms with Gasteiger partial charge in [0, 0.05) is 32.7 Å². The van der Waals surface area contributed by atoms with E-state index in [1.807, 2.05) is 13.0 Å². The fourth-order valence-corrected chi connectivity index (χ4v) is 2.76. The molecule has 0 bridgehead atoms. The summed E-state index contributed by atoms with van der Waals surface area (Å²) in [6, 6.07) is 3.62. The standard InChI is InChI=1S/C16H16N6OS/c1-11-7-18-15(19-8-11)24-16-20-10-13(22(16)3)14(23)21(2)12-5-4-6-17-9-12/h4-10H,1-3H3. The molecule has 3 aromatic rings. The number of carbonyl (C=O) groups is 1. The van der Waals surface area contributed by atoms with Crippen LogP contribution in [0.3, 0.4) is 0 Å². The van der Waals surface area contributed by atoms with Gasteiger partial charge in [0.15, 0.2) is 10.3 Å². The molecule has 0 saturated heterocycles. The second-order valence-electron chi connectivity index (χ2n) is 5.21. The van der Waals surface area contributed by atoms with E-state index in [0.29, 0.717) is 16.0 Å². The van der Waals surface area contributed by atoms with Crippen LogP contribution < -0.4 is 4.90 Å². The van der Waals surface area contributed by atoms with Crippen LogP contribution >= 0.6 is 11.8 Å². The molecule has 0 radical (unpaired) electrons. The molecule has 0 fully saturated rings. The van der Waals surface area contributed by atoms with Crippen molar-refractivity contribution in [2.24, 2.45) is 7.05 Å². The van der Waals surface area contributed by atoms with Gasteiger partial charge < -0.3 is 9.47 Å². The average molecular weight is 340 g/mol. The van der Waals surface area contributed by atoms with E-state index < -0.39 is 0 Å². The SMILES string of the molecule is Cc1cnc(Sc2ncc(C(=O)N(C)c3cccnc3)n2C)nc1. The molecule has 0 saturated carbocycles. The number of carbonyl (C=O) groups excluding carboxylic acids is 1. The molecule has 8 heteroatoms. The van der Waals surface area contributed by atoms with E-state index in [2.05, 4.69) is 19.9 Å². The minimum Gasteiger partial charge on any atom is -0.318 e. The summed E-state index contributed by atoms with van der Waals surface area (Å²) in [4.78, 5) is 31.1. The predicted molar refractivity (Wildman–Crippen MR) is 91.1 cm³/mol. The maximum atomic E-state index is 12.7. The zero-order valence-corrected chi connectivity index (χ0v) is 14.4. The minimum atomic E-state index is -0.158. The number of nitrogens with zero attached hydrogens (tertiary/aromatic N) is 6. The Balaban J connectivity index is 1.81. The van der Waals surface area contributed by atoms with Crippen LogP contribution in [0, 0.1) is 6.92 Å². The first kappa shape index (κ1) is 16.1. The second kappa shape index (κ2) is 6.79. The van der Waals surface area contributed by atoms with Gasteiger partial charge in [-0.1, -0.05) is 0 Å². The van der Waals surface area contributed by atoms with Crippen molar-refractivity contribution in [2.45, 2.75) is 17.2 Å². The molecule has 0 unspecified atom stereocenters. The Morgan fingerprint density at radius 1 is 1.17 bits per heavy atom. The Hall–Kier alpha value is -2.74. The summed E-state index contributed by atoms with van der Waals surface area (Å²) in [5, 5.41) is 1.25. The van der Waals surface area contributed by atoms with Gasteiger partial charge in [-0.05, 0) is 36.4 Å². The van der Waals surface area contributed by atoms with E-state index in [-0.39, 0.29) is 5.91 Å². The number of anilines is 1. The molecule has 0 N–H and O–H groups in total. The highest BCUT2D eigenvalue weighted by atomic mass is 32.2. The van der Waals surface area contributed by atoms with Gasteiger partial charge in [-0.15, -0.1) is 0 Å². The Kier molecular flexibility index (Phi) is 4.57. The Morgan fingerprint density at radius 2 is 1.92 bits per heavy atom. The number of amides is 1. The van der Waals surface area contributed by atoms with E-state index in [1.54, 1.807) is 60.6 Å². The molecule has 0 atom stereocenters. The van der Waals surface area contributed by atoms with E-state index in [4.69, 9.17) is 0 Å². The molecule has 3 rings (SSSR count). The quantitative estimate of drug-likeness (QED) is 0.679. The molecule has 7 nitrogen and oxygen atoms in total. The minimum absolute atomic E-state index is 0.158. The third-order valence-corrected chi connectivity index (χ3v) is 4.40. The monoisotopic (exact) mass is 340 g/mol. The Labute approximate surface area is 143 Å². The molecule has 1 amide bonds. The van der Waals surface area contributed by atoms with Gasteiger partial charge >= 0.3 is 0 Å². The van der Waals surface area contributed by atoms with Crippen LogP contribution in [0.15, 0.2) is 53.4 Å². The van der Waals surface area contributed by atoms with Crippen molar-refractivity contribution in [2.75, 3.05) is 11.9 Å². The van der Waals surface area contributed by atoms with Crippen molar-refractivity contribution in [3.63, 3.8) is 0 Å². The lowest BCUT2D eigenvalue weighted by atomic mass is 10.3. The lowest BCUT2D eigenvalue weighted by Gasteiger charge is -2.16. The van der Waals surface area contributed by atoms with E-state index in [1.165, 1.54) is 11.8 Å². The van der Waals surface area contributed by atoms with Crippen LogP contribution in [0.2, 0.25) is 0 Å². The van der Waals surface area contributed by atoms with Crippen LogP contribution in [0.25, 0.3) is 0 Å². The van der Waals surface area contributed by atoms with Crippen LogP contribution in [0.4, 0.5) is 5.69 Å². The highest BCUT2D eigenvalue weighted by Crippen LogP contribution is 2.24. The lowest BCUT2D eigenvalue weighted by Crippen LogP contribution is -2.28. The van der Waals surface area contributed by atoms with Crippen molar-refractivity contribution in [1.29, 1.82) is 0 Å². The fraction of sp³-hybridized carbons (Fsp3) is 0.188. The molecule has 0 aliphatic heterocycles. The summed E-state index contributed by atoms with van der Waals surface area (Å²) >= 11 is 1.32. The zero-order chi connectivity index (χ0) is 17.1. The average Bonchev–Trinajstić information content (AvgIpc) is 2.97. The van der Waals surface area contributed by atoms with E-state index in [0.717, 1.165) is 11.3 Å². The van der Waals surface area contributed by atoms with Crippen molar-refractivity contribution < 1.29 is 4.79 Å². The maximum absolute atomic E-state index is 12.7. The number of hydrogen-bond acceptors (Lipinski definition) is 6. The summed E-state index contributed by atoms with van der Waals surface area (Å²) in [5.74, 6) is -0.158. The third kappa shape index (κ3) is 3.28. The molecule has 0 spiro atoms. The molecule has 3 heterocycles. The Morgan fingerprint density at radius 3 is 2.58 bits per heavy atom. The van der Waals surface area contributed by atoms with Crippen molar-refractivity contribution in [1.82, 2.24) is 24.5 Å². The van der Waals surface area contributed by atoms with Gasteiger partial charge in [-0.25, -0.2) is 15.0 Å². The lowest BCUT2D eigenvalue weighted by molar-refractivity contribution is 0.0984. The normalized spacial score (nSPS) is 10.6. The molecule has 122 valence electrons. The third-order valence-electron chi connectivity index (χ3n) is 3.44. The number of pyridine rings is 1. The van der Waals surface area contributed by atoms with E-state index in [9.17, 15) is 4.79 Å². The largest absolute Gasteiger partial charge is 0.318 e. The van der Waals surface area contributed by atoms with Gasteiger partial charge in [0.25, 0.3) is 5.91 Å². The first-order chi connectivity index (χ1) is 11.6. The number of aromatic nitrogens is 5. The molecule has 0 aliphatic rings. The smallest absolute Gasteiger partial charge is 0.276 e. The van der Waals surface area contributed by atoms with Crippen LogP contribution in [-0.2, 0) is 7.05 Å². The summed E-state index contributed by atoms with van der Waals surface area (Å²) in [6.07, 6.45) is 8.37. The molecule has 0 aliphatic carbocycles. The first-order valence-corrected chi connectivity index (χ1v) is 8.04. The summed E-state index contributed by atoms with van der Waals surface area (Å²) in [5.41, 5.74) is 2.20. The fourth-order valence-electron chi connectivity index (χ4n) is 2.04. The number of aryl methyl sites for hydroxylation is 1. The summed E-state index contributed by atoms with van der Waals surface area (Å²) < 4.78 is 1.74. The number of hydrogen-bond donors (Lipinski definition) is 0. The van der Waals surface area contributed by atoms with Crippen molar-refractivity contribution in [3.8, 4) is 0 Å². The van der Waals surface area contributed by atoms with Crippen LogP contribution in [0.1, 0.15) is 16.1 Å².